The summed E-state index contributed by atoms with van der Waals surface area (Å²) in [6.07, 6.45) is 7.51. The maximum atomic E-state index is 12.6. The second kappa shape index (κ2) is 14.1. The third-order valence-electron chi connectivity index (χ3n) is 6.76. The number of anilines is 2. The van der Waals surface area contributed by atoms with Gasteiger partial charge < -0.3 is 20.0 Å². The quantitative estimate of drug-likeness (QED) is 0.344. The van der Waals surface area contributed by atoms with E-state index in [1.807, 2.05) is 24.3 Å². The van der Waals surface area contributed by atoms with Gasteiger partial charge in [0.25, 0.3) is 0 Å². The Morgan fingerprint density at radius 1 is 0.714 bits per heavy atom. The number of hydrogen-bond donors (Lipinski definition) is 0. The molecule has 0 spiro atoms. The van der Waals surface area contributed by atoms with Gasteiger partial charge in [-0.25, -0.2) is 0 Å². The molecule has 3 rings (SSSR count). The Morgan fingerprint density at radius 3 is 1.40 bits per heavy atom. The fourth-order valence-corrected chi connectivity index (χ4v) is 4.62. The van der Waals surface area contributed by atoms with Crippen LogP contribution in [0.25, 0.3) is 0 Å². The molecule has 2 aromatic carbocycles. The minimum Gasteiger partial charge on any atom is -0.872 e. The minimum absolute atomic E-state index is 0. The molecule has 0 aromatic heterocycles. The Labute approximate surface area is 220 Å². The van der Waals surface area contributed by atoms with E-state index in [0.717, 1.165) is 63.2 Å². The normalized spacial score (nSPS) is 18.1. The first-order valence-corrected chi connectivity index (χ1v) is 12.7. The summed E-state index contributed by atoms with van der Waals surface area (Å²) in [6, 6.07) is 11.1. The second-order valence-corrected chi connectivity index (χ2v) is 8.76. The Hall–Kier alpha value is -2.53. The van der Waals surface area contributed by atoms with Gasteiger partial charge in [-0.15, -0.1) is 0 Å². The van der Waals surface area contributed by atoms with Crippen molar-refractivity contribution in [3.8, 4) is 11.5 Å². The smallest absolute Gasteiger partial charge is 0.872 e. The van der Waals surface area contributed by atoms with Crippen LogP contribution in [0.15, 0.2) is 46.4 Å². The van der Waals surface area contributed by atoms with Gasteiger partial charge in [0.05, 0.1) is 12.1 Å². The molecule has 0 bridgehead atoms. The van der Waals surface area contributed by atoms with Crippen molar-refractivity contribution < 1.29 is 26.7 Å². The number of benzene rings is 2. The van der Waals surface area contributed by atoms with E-state index in [9.17, 15) is 10.2 Å². The fourth-order valence-electron chi connectivity index (χ4n) is 4.62. The topological polar surface area (TPSA) is 77.3 Å². The summed E-state index contributed by atoms with van der Waals surface area (Å²) in [5.41, 5.74) is 3.12. The third kappa shape index (κ3) is 7.48. The monoisotopic (exact) mass is 520 g/mol. The van der Waals surface area contributed by atoms with Crippen LogP contribution >= 0.6 is 0 Å². The van der Waals surface area contributed by atoms with Gasteiger partial charge in [0.1, 0.15) is 0 Å². The van der Waals surface area contributed by atoms with Gasteiger partial charge in [0, 0.05) is 50.0 Å². The predicted molar refractivity (Wildman–Crippen MR) is 140 cm³/mol. The molecule has 192 valence electrons. The summed E-state index contributed by atoms with van der Waals surface area (Å²) in [5.74, 6) is -0.0124. The van der Waals surface area contributed by atoms with Crippen molar-refractivity contribution in [1.82, 2.24) is 0 Å². The van der Waals surface area contributed by atoms with E-state index in [2.05, 4.69) is 37.5 Å². The summed E-state index contributed by atoms with van der Waals surface area (Å²) in [7, 11) is 0. The average Bonchev–Trinajstić information content (AvgIpc) is 2.85. The zero-order valence-corrected chi connectivity index (χ0v) is 22.3. The first-order chi connectivity index (χ1) is 16.5. The number of aliphatic imine (C=N–C) groups is 2. The van der Waals surface area contributed by atoms with E-state index in [1.165, 1.54) is 0 Å². The summed E-state index contributed by atoms with van der Waals surface area (Å²) in [6.45, 7) is 11.8. The van der Waals surface area contributed by atoms with Crippen LogP contribution < -0.4 is 20.0 Å². The molecule has 0 heterocycles. The molecule has 2 aromatic rings. The third-order valence-corrected chi connectivity index (χ3v) is 6.76. The molecule has 0 amide bonds. The van der Waals surface area contributed by atoms with Gasteiger partial charge in [0.2, 0.25) is 0 Å². The fraction of sp³-hybridized carbons (Fsp3) is 0.500. The number of hydrogen-bond acceptors (Lipinski definition) is 6. The van der Waals surface area contributed by atoms with Crippen LogP contribution in [-0.2, 0) is 16.5 Å². The molecule has 6 nitrogen and oxygen atoms in total. The molecule has 0 unspecified atom stereocenters. The predicted octanol–water partition coefficient (Wildman–Crippen LogP) is 4.37. The van der Waals surface area contributed by atoms with Crippen molar-refractivity contribution in [1.29, 1.82) is 0 Å². The largest absolute Gasteiger partial charge is 2.00 e. The molecule has 0 N–H and O–H groups in total. The van der Waals surface area contributed by atoms with E-state index in [1.54, 1.807) is 24.6 Å². The van der Waals surface area contributed by atoms with Crippen LogP contribution in [0.5, 0.6) is 11.5 Å². The van der Waals surface area contributed by atoms with Crippen LogP contribution in [0, 0.1) is 0 Å². The van der Waals surface area contributed by atoms with Crippen molar-refractivity contribution in [3.63, 3.8) is 0 Å². The van der Waals surface area contributed by atoms with Crippen LogP contribution in [0.2, 0.25) is 0 Å². The maximum Gasteiger partial charge on any atom is 2.00 e. The van der Waals surface area contributed by atoms with Crippen LogP contribution in [0.3, 0.4) is 0 Å². The Morgan fingerprint density at radius 2 is 1.09 bits per heavy atom. The van der Waals surface area contributed by atoms with Gasteiger partial charge in [-0.3, -0.25) is 9.98 Å². The van der Waals surface area contributed by atoms with E-state index < -0.39 is 0 Å². The molecule has 0 saturated heterocycles. The van der Waals surface area contributed by atoms with Crippen molar-refractivity contribution in [3.05, 3.63) is 47.5 Å². The Balaban J connectivity index is 0.00000432. The zero-order valence-electron chi connectivity index (χ0n) is 21.4. The van der Waals surface area contributed by atoms with E-state index >= 15 is 0 Å². The second-order valence-electron chi connectivity index (χ2n) is 8.76. The summed E-state index contributed by atoms with van der Waals surface area (Å²) >= 11 is 0. The van der Waals surface area contributed by atoms with Crippen LogP contribution in [-0.4, -0.2) is 50.7 Å². The first kappa shape index (κ1) is 28.7. The molecule has 1 saturated carbocycles. The van der Waals surface area contributed by atoms with Crippen molar-refractivity contribution >= 4 is 23.8 Å². The maximum absolute atomic E-state index is 12.6. The molecular weight excluding hydrogens is 483 g/mol. The van der Waals surface area contributed by atoms with Crippen molar-refractivity contribution in [2.45, 2.75) is 65.5 Å². The summed E-state index contributed by atoms with van der Waals surface area (Å²) < 4.78 is 0. The van der Waals surface area contributed by atoms with Crippen molar-refractivity contribution in [2.75, 3.05) is 36.0 Å². The summed E-state index contributed by atoms with van der Waals surface area (Å²) in [4.78, 5) is 13.9. The van der Waals surface area contributed by atoms with E-state index in [0.29, 0.717) is 11.1 Å². The molecule has 35 heavy (non-hydrogen) atoms. The van der Waals surface area contributed by atoms with E-state index in [4.69, 9.17) is 9.98 Å². The van der Waals surface area contributed by atoms with Crippen LogP contribution in [0.4, 0.5) is 11.4 Å². The zero-order chi connectivity index (χ0) is 24.5. The molecule has 0 radical (unpaired) electrons. The molecule has 7 heteroatoms. The van der Waals surface area contributed by atoms with Gasteiger partial charge in [-0.2, -0.15) is 0 Å². The summed E-state index contributed by atoms with van der Waals surface area (Å²) in [5, 5.41) is 25.2. The molecule has 1 aliphatic rings. The van der Waals surface area contributed by atoms with E-state index in [-0.39, 0.29) is 40.1 Å². The first-order valence-electron chi connectivity index (χ1n) is 12.7. The molecule has 1 fully saturated rings. The standard InChI is InChI=1S/C28H40N4O2.Ni/c1-5-31(6-2)23-15-13-21(27(33)17-23)19-29-25-11-9-10-12-26(25)30-20-22-14-16-24(18-28(22)34)32(7-3)8-4;/h13-20,25-26,33-34H,5-12H2,1-4H3;/q;+2/p-2/t25-,26-;/m1./s1. The minimum atomic E-state index is -0.00620. The Kier molecular flexibility index (Phi) is 11.6. The number of rotatable bonds is 10. The SMILES string of the molecule is CCN(CC)c1ccc(C=N[C@@H]2CCCC[C@H]2N=Cc2ccc(N(CC)CC)cc2[O-])c([O-])c1.[Ni+2]. The molecular formula is C28H38N4NiO2. The van der Waals surface area contributed by atoms with Gasteiger partial charge in [-0.1, -0.05) is 36.5 Å². The Bertz CT molecular complexity index is 907. The van der Waals surface area contributed by atoms with Crippen LogP contribution in [0.1, 0.15) is 64.5 Å². The van der Waals surface area contributed by atoms with Gasteiger partial charge in [0.15, 0.2) is 0 Å². The molecule has 0 aliphatic heterocycles. The average molecular weight is 521 g/mol. The van der Waals surface area contributed by atoms with Crippen molar-refractivity contribution in [2.24, 2.45) is 9.98 Å². The van der Waals surface area contributed by atoms with Gasteiger partial charge >= 0.3 is 16.5 Å². The number of nitrogens with zero attached hydrogens (tertiary/aromatic N) is 4. The molecule has 2 atom stereocenters. The molecule has 1 aliphatic carbocycles. The van der Waals surface area contributed by atoms with Gasteiger partial charge in [-0.05, 0) is 75.9 Å².